The first-order valence-electron chi connectivity index (χ1n) is 7.13. The fraction of sp³-hybridized carbons (Fsp3) is 0.533. The molecule has 1 unspecified atom stereocenters. The Kier molecular flexibility index (Phi) is 6.10. The molecule has 1 fully saturated rings. The van der Waals surface area contributed by atoms with Gasteiger partial charge in [-0.2, -0.15) is 11.8 Å². The summed E-state index contributed by atoms with van der Waals surface area (Å²) in [5.74, 6) is 2.24. The fourth-order valence-corrected chi connectivity index (χ4v) is 3.51. The predicted octanol–water partition coefficient (Wildman–Crippen LogP) is 1.79. The van der Waals surface area contributed by atoms with Gasteiger partial charge in [-0.1, -0.05) is 28.1 Å². The van der Waals surface area contributed by atoms with Crippen LogP contribution < -0.4 is 11.1 Å². The zero-order chi connectivity index (χ0) is 15.3. The van der Waals surface area contributed by atoms with E-state index in [0.29, 0.717) is 6.54 Å². The third-order valence-corrected chi connectivity index (χ3v) is 5.20. The Labute approximate surface area is 139 Å². The molecule has 1 aliphatic heterocycles. The van der Waals surface area contributed by atoms with Crippen molar-refractivity contribution < 1.29 is 4.79 Å². The van der Waals surface area contributed by atoms with Crippen LogP contribution in [0.3, 0.4) is 0 Å². The molecular formula is C15H22BrN3OS. The number of amides is 1. The lowest BCUT2D eigenvalue weighted by atomic mass is 9.92. The molecule has 1 aliphatic rings. The van der Waals surface area contributed by atoms with E-state index in [4.69, 9.17) is 5.73 Å². The summed E-state index contributed by atoms with van der Waals surface area (Å²) >= 11 is 5.37. The van der Waals surface area contributed by atoms with E-state index in [2.05, 4.69) is 26.1 Å². The van der Waals surface area contributed by atoms with Gasteiger partial charge in [-0.05, 0) is 24.6 Å². The minimum atomic E-state index is -1.00. The van der Waals surface area contributed by atoms with Gasteiger partial charge in [-0.15, -0.1) is 0 Å². The molecule has 3 N–H and O–H groups in total. The van der Waals surface area contributed by atoms with Crippen molar-refractivity contribution in [2.24, 2.45) is 5.73 Å². The molecule has 116 valence electrons. The normalized spacial score (nSPS) is 19.0. The van der Waals surface area contributed by atoms with Gasteiger partial charge < -0.3 is 11.1 Å². The molecule has 0 aliphatic carbocycles. The summed E-state index contributed by atoms with van der Waals surface area (Å²) in [6.45, 7) is 5.50. The van der Waals surface area contributed by atoms with Crippen LogP contribution in [0.2, 0.25) is 0 Å². The van der Waals surface area contributed by atoms with Crippen molar-refractivity contribution in [1.29, 1.82) is 0 Å². The molecule has 0 radical (unpaired) electrons. The van der Waals surface area contributed by atoms with E-state index in [1.54, 1.807) is 6.92 Å². The molecule has 21 heavy (non-hydrogen) atoms. The first-order chi connectivity index (χ1) is 10.00. The molecule has 0 aromatic heterocycles. The molecule has 0 spiro atoms. The topological polar surface area (TPSA) is 58.4 Å². The van der Waals surface area contributed by atoms with Crippen LogP contribution >= 0.6 is 27.7 Å². The van der Waals surface area contributed by atoms with Crippen molar-refractivity contribution in [3.63, 3.8) is 0 Å². The minimum Gasteiger partial charge on any atom is -0.353 e. The third kappa shape index (κ3) is 4.71. The standard InChI is InChI=1S/C15H22BrN3OS/c1-15(17,12-2-4-13(16)5-3-12)14(20)18-6-7-19-8-10-21-11-9-19/h2-5H,6-11,17H2,1H3,(H,18,20). The molecule has 1 saturated heterocycles. The van der Waals surface area contributed by atoms with Gasteiger partial charge in [0, 0.05) is 42.2 Å². The number of nitrogens with one attached hydrogen (secondary N) is 1. The summed E-state index contributed by atoms with van der Waals surface area (Å²) in [4.78, 5) is 14.7. The Bertz CT molecular complexity index is 472. The Morgan fingerprint density at radius 2 is 2.00 bits per heavy atom. The Balaban J connectivity index is 1.84. The lowest BCUT2D eigenvalue weighted by Gasteiger charge is -2.28. The van der Waals surface area contributed by atoms with Gasteiger partial charge in [0.05, 0.1) is 0 Å². The van der Waals surface area contributed by atoms with Crippen LogP contribution in [0.25, 0.3) is 0 Å². The second-order valence-corrected chi connectivity index (χ2v) is 7.56. The van der Waals surface area contributed by atoms with Gasteiger partial charge >= 0.3 is 0 Å². The van der Waals surface area contributed by atoms with E-state index >= 15 is 0 Å². The zero-order valence-electron chi connectivity index (χ0n) is 12.3. The summed E-state index contributed by atoms with van der Waals surface area (Å²) in [6.07, 6.45) is 0. The molecule has 6 heteroatoms. The summed E-state index contributed by atoms with van der Waals surface area (Å²) < 4.78 is 0.977. The SMILES string of the molecule is CC(N)(C(=O)NCCN1CCSCC1)c1ccc(Br)cc1. The van der Waals surface area contributed by atoms with E-state index in [1.165, 1.54) is 11.5 Å². The van der Waals surface area contributed by atoms with Gasteiger partial charge in [0.1, 0.15) is 5.54 Å². The molecule has 0 bridgehead atoms. The van der Waals surface area contributed by atoms with Crippen LogP contribution in [0.5, 0.6) is 0 Å². The number of benzene rings is 1. The maximum Gasteiger partial charge on any atom is 0.244 e. The first kappa shape index (κ1) is 16.8. The summed E-state index contributed by atoms with van der Waals surface area (Å²) in [5.41, 5.74) is 6.02. The average molecular weight is 372 g/mol. The minimum absolute atomic E-state index is 0.129. The molecule has 2 rings (SSSR count). The Morgan fingerprint density at radius 1 is 1.38 bits per heavy atom. The highest BCUT2D eigenvalue weighted by molar-refractivity contribution is 9.10. The number of rotatable bonds is 5. The third-order valence-electron chi connectivity index (χ3n) is 3.73. The number of hydrogen-bond donors (Lipinski definition) is 2. The lowest BCUT2D eigenvalue weighted by Crippen LogP contribution is -2.50. The van der Waals surface area contributed by atoms with Gasteiger partial charge in [-0.3, -0.25) is 9.69 Å². The molecule has 4 nitrogen and oxygen atoms in total. The number of hydrogen-bond acceptors (Lipinski definition) is 4. The smallest absolute Gasteiger partial charge is 0.244 e. The Hall–Kier alpha value is -0.560. The summed E-state index contributed by atoms with van der Waals surface area (Å²) in [5, 5.41) is 2.96. The van der Waals surface area contributed by atoms with Crippen LogP contribution in [-0.2, 0) is 10.3 Å². The highest BCUT2D eigenvalue weighted by Crippen LogP contribution is 2.20. The molecular weight excluding hydrogens is 350 g/mol. The monoisotopic (exact) mass is 371 g/mol. The van der Waals surface area contributed by atoms with E-state index in [9.17, 15) is 4.79 Å². The molecule has 1 aromatic rings. The second-order valence-electron chi connectivity index (χ2n) is 5.42. The number of halogens is 1. The average Bonchev–Trinajstić information content (AvgIpc) is 2.48. The number of nitrogens with two attached hydrogens (primary N) is 1. The van der Waals surface area contributed by atoms with Gasteiger partial charge in [-0.25, -0.2) is 0 Å². The van der Waals surface area contributed by atoms with Crippen molar-refractivity contribution in [3.8, 4) is 0 Å². The molecule has 1 atom stereocenters. The first-order valence-corrected chi connectivity index (χ1v) is 9.08. The zero-order valence-corrected chi connectivity index (χ0v) is 14.7. The number of thioether (sulfide) groups is 1. The van der Waals surface area contributed by atoms with E-state index in [1.807, 2.05) is 36.0 Å². The van der Waals surface area contributed by atoms with Gasteiger partial charge in [0.15, 0.2) is 0 Å². The number of nitrogens with zero attached hydrogens (tertiary/aromatic N) is 1. The molecule has 1 aromatic carbocycles. The largest absolute Gasteiger partial charge is 0.353 e. The molecule has 1 heterocycles. The van der Waals surface area contributed by atoms with Crippen molar-refractivity contribution in [3.05, 3.63) is 34.3 Å². The second kappa shape index (κ2) is 7.63. The maximum absolute atomic E-state index is 12.3. The van der Waals surface area contributed by atoms with E-state index in [-0.39, 0.29) is 5.91 Å². The van der Waals surface area contributed by atoms with Crippen molar-refractivity contribution in [2.45, 2.75) is 12.5 Å². The van der Waals surface area contributed by atoms with Crippen LogP contribution in [0, 0.1) is 0 Å². The lowest BCUT2D eigenvalue weighted by molar-refractivity contribution is -0.126. The predicted molar refractivity (Wildman–Crippen MR) is 92.5 cm³/mol. The number of carbonyl (C=O) groups excluding carboxylic acids is 1. The van der Waals surface area contributed by atoms with Gasteiger partial charge in [0.2, 0.25) is 5.91 Å². The Morgan fingerprint density at radius 3 is 2.62 bits per heavy atom. The highest BCUT2D eigenvalue weighted by atomic mass is 79.9. The van der Waals surface area contributed by atoms with Crippen molar-refractivity contribution >= 4 is 33.6 Å². The van der Waals surface area contributed by atoms with E-state index in [0.717, 1.165) is 29.7 Å². The van der Waals surface area contributed by atoms with Crippen LogP contribution in [-0.4, -0.2) is 48.5 Å². The van der Waals surface area contributed by atoms with Gasteiger partial charge in [0.25, 0.3) is 0 Å². The van der Waals surface area contributed by atoms with Crippen LogP contribution in [0.1, 0.15) is 12.5 Å². The van der Waals surface area contributed by atoms with Crippen LogP contribution in [0.4, 0.5) is 0 Å². The highest BCUT2D eigenvalue weighted by Gasteiger charge is 2.30. The van der Waals surface area contributed by atoms with Crippen molar-refractivity contribution in [1.82, 2.24) is 10.2 Å². The fourth-order valence-electron chi connectivity index (χ4n) is 2.26. The van der Waals surface area contributed by atoms with E-state index < -0.39 is 5.54 Å². The molecule has 1 amide bonds. The summed E-state index contributed by atoms with van der Waals surface area (Å²) in [7, 11) is 0. The van der Waals surface area contributed by atoms with Crippen LogP contribution in [0.15, 0.2) is 28.7 Å². The maximum atomic E-state index is 12.3. The quantitative estimate of drug-likeness (QED) is 0.828. The molecule has 0 saturated carbocycles. The van der Waals surface area contributed by atoms with Crippen molar-refractivity contribution in [2.75, 3.05) is 37.7 Å². The number of carbonyl (C=O) groups is 1. The summed E-state index contributed by atoms with van der Waals surface area (Å²) in [6, 6.07) is 7.56.